The van der Waals surface area contributed by atoms with Crippen LogP contribution in [0.15, 0.2) is 39.8 Å². The van der Waals surface area contributed by atoms with Gasteiger partial charge in [0.1, 0.15) is 10.0 Å². The largest absolute Gasteiger partial charge is 0.493 e. The third-order valence-corrected chi connectivity index (χ3v) is 5.27. The van der Waals surface area contributed by atoms with Crippen LogP contribution in [0, 0.1) is 0 Å². The minimum atomic E-state index is -3.83. The highest BCUT2D eigenvalue weighted by molar-refractivity contribution is 9.10. The zero-order valence-corrected chi connectivity index (χ0v) is 14.8. The first-order chi connectivity index (χ1) is 10.4. The summed E-state index contributed by atoms with van der Waals surface area (Å²) in [7, 11) is -0.932. The second kappa shape index (κ2) is 6.72. The molecule has 0 spiro atoms. The molecule has 22 heavy (non-hydrogen) atoms. The normalized spacial score (nSPS) is 11.1. The van der Waals surface area contributed by atoms with Crippen LogP contribution in [0.25, 0.3) is 0 Å². The van der Waals surface area contributed by atoms with Crippen molar-refractivity contribution in [2.45, 2.75) is 4.90 Å². The maximum atomic E-state index is 12.5. The summed E-state index contributed by atoms with van der Waals surface area (Å²) in [6.45, 7) is 0. The Hall–Kier alpha value is -1.51. The Morgan fingerprint density at radius 3 is 2.36 bits per heavy atom. The lowest BCUT2D eigenvalue weighted by Gasteiger charge is -2.13. The number of nitrogens with zero attached hydrogens (tertiary/aromatic N) is 1. The molecule has 0 unspecified atom stereocenters. The topological polar surface area (TPSA) is 77.5 Å². The van der Waals surface area contributed by atoms with E-state index < -0.39 is 10.0 Å². The number of anilines is 1. The highest BCUT2D eigenvalue weighted by atomic mass is 79.9. The van der Waals surface area contributed by atoms with E-state index in [-0.39, 0.29) is 10.0 Å². The molecular formula is C13H12BrClN2O4S. The quantitative estimate of drug-likeness (QED) is 0.769. The first-order valence-electron chi connectivity index (χ1n) is 5.93. The van der Waals surface area contributed by atoms with Crippen LogP contribution in [-0.4, -0.2) is 27.6 Å². The number of benzene rings is 1. The van der Waals surface area contributed by atoms with E-state index in [2.05, 4.69) is 25.6 Å². The van der Waals surface area contributed by atoms with Crippen molar-refractivity contribution in [2.75, 3.05) is 18.9 Å². The number of halogens is 2. The molecule has 0 aliphatic carbocycles. The Balaban J connectivity index is 2.42. The van der Waals surface area contributed by atoms with Gasteiger partial charge in [-0.25, -0.2) is 13.4 Å². The average Bonchev–Trinajstić information content (AvgIpc) is 2.48. The van der Waals surface area contributed by atoms with Crippen molar-refractivity contribution in [1.29, 1.82) is 0 Å². The van der Waals surface area contributed by atoms with E-state index in [0.29, 0.717) is 21.7 Å². The van der Waals surface area contributed by atoms with E-state index in [1.165, 1.54) is 44.7 Å². The van der Waals surface area contributed by atoms with Crippen LogP contribution in [0.3, 0.4) is 0 Å². The lowest BCUT2D eigenvalue weighted by Crippen LogP contribution is -2.14. The maximum Gasteiger partial charge on any atom is 0.263 e. The number of hydrogen-bond acceptors (Lipinski definition) is 5. The molecule has 0 aliphatic rings. The standard InChI is InChI=1S/C13H12BrClN2O4S/c1-20-10-5-9(14)12(6-11(10)21-2)22(18,19)17-8-3-4-13(15)16-7-8/h3-7,17H,1-2H3. The Morgan fingerprint density at radius 1 is 1.18 bits per heavy atom. The van der Waals surface area contributed by atoms with Gasteiger partial charge in [-0.05, 0) is 34.1 Å². The fraction of sp³-hybridized carbons (Fsp3) is 0.154. The first kappa shape index (κ1) is 16.9. The predicted octanol–water partition coefficient (Wildman–Crippen LogP) is 3.32. The van der Waals surface area contributed by atoms with E-state index in [4.69, 9.17) is 21.1 Å². The zero-order valence-electron chi connectivity index (χ0n) is 11.6. The molecule has 6 nitrogen and oxygen atoms in total. The SMILES string of the molecule is COc1cc(Br)c(S(=O)(=O)Nc2ccc(Cl)nc2)cc1OC. The lowest BCUT2D eigenvalue weighted by atomic mass is 10.3. The van der Waals surface area contributed by atoms with Crippen LogP contribution in [0.5, 0.6) is 11.5 Å². The number of hydrogen-bond donors (Lipinski definition) is 1. The second-order valence-corrected chi connectivity index (χ2v) is 7.01. The summed E-state index contributed by atoms with van der Waals surface area (Å²) in [5.41, 5.74) is 0.297. The molecule has 2 aromatic rings. The Labute approximate surface area is 141 Å². The van der Waals surface area contributed by atoms with Crippen LogP contribution < -0.4 is 14.2 Å². The summed E-state index contributed by atoms with van der Waals surface area (Å²) < 4.78 is 38.0. The molecule has 0 saturated heterocycles. The fourth-order valence-corrected chi connectivity index (χ4v) is 3.88. The van der Waals surface area contributed by atoms with Gasteiger partial charge in [0.2, 0.25) is 0 Å². The molecule has 0 radical (unpaired) electrons. The van der Waals surface area contributed by atoms with Crippen molar-refractivity contribution < 1.29 is 17.9 Å². The smallest absolute Gasteiger partial charge is 0.263 e. The van der Waals surface area contributed by atoms with Crippen molar-refractivity contribution in [2.24, 2.45) is 0 Å². The molecule has 0 amide bonds. The number of nitrogens with one attached hydrogen (secondary N) is 1. The van der Waals surface area contributed by atoms with Gasteiger partial charge in [0.25, 0.3) is 10.0 Å². The van der Waals surface area contributed by atoms with E-state index >= 15 is 0 Å². The van der Waals surface area contributed by atoms with Gasteiger partial charge in [-0.2, -0.15) is 0 Å². The fourth-order valence-electron chi connectivity index (χ4n) is 1.69. The Kier molecular flexibility index (Phi) is 5.15. The van der Waals surface area contributed by atoms with Crippen LogP contribution in [0.2, 0.25) is 5.15 Å². The third-order valence-electron chi connectivity index (χ3n) is 2.71. The molecule has 1 N–H and O–H groups in total. The summed E-state index contributed by atoms with van der Waals surface area (Å²) in [5.74, 6) is 0.724. The highest BCUT2D eigenvalue weighted by Gasteiger charge is 2.21. The molecular weight excluding hydrogens is 396 g/mol. The van der Waals surface area contributed by atoms with Crippen molar-refractivity contribution in [3.63, 3.8) is 0 Å². The van der Waals surface area contributed by atoms with E-state index in [9.17, 15) is 8.42 Å². The number of sulfonamides is 1. The van der Waals surface area contributed by atoms with Crippen molar-refractivity contribution in [3.8, 4) is 11.5 Å². The van der Waals surface area contributed by atoms with Gasteiger partial charge in [0.05, 0.1) is 26.1 Å². The van der Waals surface area contributed by atoms with Crippen molar-refractivity contribution in [1.82, 2.24) is 4.98 Å². The summed E-state index contributed by atoms with van der Waals surface area (Å²) in [5, 5.41) is 0.273. The van der Waals surface area contributed by atoms with Crippen LogP contribution in [0.1, 0.15) is 0 Å². The molecule has 0 aliphatic heterocycles. The molecule has 0 bridgehead atoms. The Morgan fingerprint density at radius 2 is 1.82 bits per heavy atom. The number of pyridine rings is 1. The van der Waals surface area contributed by atoms with Gasteiger partial charge in [-0.15, -0.1) is 0 Å². The van der Waals surface area contributed by atoms with Gasteiger partial charge in [0.15, 0.2) is 11.5 Å². The van der Waals surface area contributed by atoms with Gasteiger partial charge >= 0.3 is 0 Å². The minimum Gasteiger partial charge on any atom is -0.493 e. The van der Waals surface area contributed by atoms with Gasteiger partial charge in [-0.1, -0.05) is 11.6 Å². The maximum absolute atomic E-state index is 12.5. The van der Waals surface area contributed by atoms with Gasteiger partial charge < -0.3 is 9.47 Å². The van der Waals surface area contributed by atoms with Crippen molar-refractivity contribution >= 4 is 43.2 Å². The minimum absolute atomic E-state index is 0.0140. The molecule has 9 heteroatoms. The number of ether oxygens (including phenoxy) is 2. The number of rotatable bonds is 5. The zero-order chi connectivity index (χ0) is 16.3. The molecule has 2 rings (SSSR count). The Bertz CT molecular complexity index is 781. The summed E-state index contributed by atoms with van der Waals surface area (Å²) >= 11 is 8.89. The molecule has 1 heterocycles. The monoisotopic (exact) mass is 406 g/mol. The summed E-state index contributed by atoms with van der Waals surface area (Å²) in [6, 6.07) is 5.90. The number of aromatic nitrogens is 1. The third kappa shape index (κ3) is 3.63. The van der Waals surface area contributed by atoms with Crippen molar-refractivity contribution in [3.05, 3.63) is 40.1 Å². The van der Waals surface area contributed by atoms with E-state index in [0.717, 1.165) is 0 Å². The summed E-state index contributed by atoms with van der Waals surface area (Å²) in [6.07, 6.45) is 1.33. The molecule has 0 atom stereocenters. The van der Waals surface area contributed by atoms with Crippen LogP contribution in [0.4, 0.5) is 5.69 Å². The molecule has 0 saturated carbocycles. The number of methoxy groups -OCH3 is 2. The molecule has 1 aromatic heterocycles. The predicted molar refractivity (Wildman–Crippen MR) is 87.3 cm³/mol. The van der Waals surface area contributed by atoms with Gasteiger partial charge in [0, 0.05) is 10.5 Å². The second-order valence-electron chi connectivity index (χ2n) is 4.11. The average molecular weight is 408 g/mol. The highest BCUT2D eigenvalue weighted by Crippen LogP contribution is 2.36. The van der Waals surface area contributed by atoms with E-state index in [1.54, 1.807) is 0 Å². The van der Waals surface area contributed by atoms with Gasteiger partial charge in [-0.3, -0.25) is 4.72 Å². The first-order valence-corrected chi connectivity index (χ1v) is 8.58. The molecule has 118 valence electrons. The van der Waals surface area contributed by atoms with Crippen LogP contribution in [-0.2, 0) is 10.0 Å². The molecule has 1 aromatic carbocycles. The lowest BCUT2D eigenvalue weighted by molar-refractivity contribution is 0.353. The van der Waals surface area contributed by atoms with E-state index in [1.807, 2.05) is 0 Å². The van der Waals surface area contributed by atoms with Crippen LogP contribution >= 0.6 is 27.5 Å². The molecule has 0 fully saturated rings. The summed E-state index contributed by atoms with van der Waals surface area (Å²) in [4.78, 5) is 3.84.